The predicted octanol–water partition coefficient (Wildman–Crippen LogP) is 5.27. The number of rotatable bonds is 7. The van der Waals surface area contributed by atoms with Gasteiger partial charge in [0.1, 0.15) is 5.75 Å². The van der Waals surface area contributed by atoms with Gasteiger partial charge in [-0.2, -0.15) is 5.10 Å². The van der Waals surface area contributed by atoms with E-state index in [0.29, 0.717) is 21.3 Å². The summed E-state index contributed by atoms with van der Waals surface area (Å²) in [6.45, 7) is 1.79. The van der Waals surface area contributed by atoms with Crippen LogP contribution in [0.4, 0.5) is 0 Å². The Kier molecular flexibility index (Phi) is 7.97. The number of hydrazone groups is 1. The summed E-state index contributed by atoms with van der Waals surface area (Å²) in [5.41, 5.74) is 4.41. The zero-order valence-electron chi connectivity index (χ0n) is 16.5. The van der Waals surface area contributed by atoms with Crippen molar-refractivity contribution in [3.05, 3.63) is 92.4 Å². The number of halogens is 2. The van der Waals surface area contributed by atoms with Crippen LogP contribution in [0.5, 0.6) is 11.5 Å². The highest BCUT2D eigenvalue weighted by molar-refractivity contribution is 9.11. The van der Waals surface area contributed by atoms with Gasteiger partial charge in [-0.1, -0.05) is 51.8 Å². The van der Waals surface area contributed by atoms with Crippen molar-refractivity contribution < 1.29 is 19.1 Å². The molecule has 0 aliphatic heterocycles. The second-order valence-corrected chi connectivity index (χ2v) is 8.23. The first-order valence-electron chi connectivity index (χ1n) is 9.20. The lowest BCUT2D eigenvalue weighted by molar-refractivity contribution is -0.123. The maximum atomic E-state index is 12.4. The smallest absolute Gasteiger partial charge is 0.343 e. The summed E-state index contributed by atoms with van der Waals surface area (Å²) in [5, 5.41) is 3.95. The minimum absolute atomic E-state index is 0.182. The number of ether oxygens (including phenoxy) is 2. The van der Waals surface area contributed by atoms with Gasteiger partial charge in [-0.25, -0.2) is 10.2 Å². The predicted molar refractivity (Wildman–Crippen MR) is 126 cm³/mol. The fourth-order valence-corrected chi connectivity index (χ4v) is 3.84. The number of aryl methyl sites for hydroxylation is 1. The summed E-state index contributed by atoms with van der Waals surface area (Å²) in [5.74, 6) is -0.0516. The average molecular weight is 546 g/mol. The third-order valence-electron chi connectivity index (χ3n) is 4.03. The Morgan fingerprint density at radius 1 is 1.03 bits per heavy atom. The second-order valence-electron chi connectivity index (χ2n) is 6.46. The SMILES string of the molecule is Cc1ccc(OCC(=O)N/N=C\c2cc(Br)cc(Br)c2OC(=O)c2ccccc2)cc1. The molecule has 1 amide bonds. The molecule has 0 saturated carbocycles. The Hall–Kier alpha value is -2.97. The largest absolute Gasteiger partial charge is 0.484 e. The molecule has 0 bridgehead atoms. The number of nitrogens with one attached hydrogen (secondary N) is 1. The highest BCUT2D eigenvalue weighted by atomic mass is 79.9. The first-order chi connectivity index (χ1) is 14.9. The number of nitrogens with zero attached hydrogens (tertiary/aromatic N) is 1. The van der Waals surface area contributed by atoms with E-state index >= 15 is 0 Å². The van der Waals surface area contributed by atoms with E-state index in [1.54, 1.807) is 48.5 Å². The van der Waals surface area contributed by atoms with E-state index < -0.39 is 11.9 Å². The molecule has 0 unspecified atom stereocenters. The highest BCUT2D eigenvalue weighted by Gasteiger charge is 2.15. The molecule has 0 aromatic heterocycles. The summed E-state index contributed by atoms with van der Waals surface area (Å²) >= 11 is 6.79. The molecule has 3 rings (SSSR count). The molecule has 3 aromatic carbocycles. The lowest BCUT2D eigenvalue weighted by Crippen LogP contribution is -2.24. The number of esters is 1. The Morgan fingerprint density at radius 2 is 1.74 bits per heavy atom. The number of carbonyl (C=O) groups excluding carboxylic acids is 2. The van der Waals surface area contributed by atoms with E-state index in [4.69, 9.17) is 9.47 Å². The van der Waals surface area contributed by atoms with Crippen molar-refractivity contribution in [1.29, 1.82) is 0 Å². The van der Waals surface area contributed by atoms with E-state index in [1.807, 2.05) is 25.1 Å². The van der Waals surface area contributed by atoms with Gasteiger partial charge in [-0.15, -0.1) is 0 Å². The molecule has 8 heteroatoms. The molecule has 0 aliphatic carbocycles. The molecule has 0 saturated heterocycles. The Balaban J connectivity index is 1.65. The summed E-state index contributed by atoms with van der Waals surface area (Å²) in [6.07, 6.45) is 1.40. The Morgan fingerprint density at radius 3 is 2.45 bits per heavy atom. The number of amides is 1. The van der Waals surface area contributed by atoms with Crippen LogP contribution in [-0.4, -0.2) is 24.7 Å². The quantitative estimate of drug-likeness (QED) is 0.190. The molecule has 0 atom stereocenters. The summed E-state index contributed by atoms with van der Waals surface area (Å²) in [4.78, 5) is 24.4. The number of hydrogen-bond donors (Lipinski definition) is 1. The van der Waals surface area contributed by atoms with Crippen molar-refractivity contribution in [2.75, 3.05) is 6.61 Å². The van der Waals surface area contributed by atoms with Crippen molar-refractivity contribution in [2.45, 2.75) is 6.92 Å². The maximum Gasteiger partial charge on any atom is 0.343 e. The van der Waals surface area contributed by atoms with Crippen molar-refractivity contribution in [2.24, 2.45) is 5.10 Å². The van der Waals surface area contributed by atoms with Crippen LogP contribution in [0.15, 0.2) is 80.8 Å². The number of hydrogen-bond acceptors (Lipinski definition) is 5. The fourth-order valence-electron chi connectivity index (χ4n) is 2.50. The van der Waals surface area contributed by atoms with Crippen LogP contribution in [0.2, 0.25) is 0 Å². The minimum atomic E-state index is -0.506. The van der Waals surface area contributed by atoms with Gasteiger partial charge in [0, 0.05) is 10.0 Å². The maximum absolute atomic E-state index is 12.4. The number of benzene rings is 3. The van der Waals surface area contributed by atoms with Crippen molar-refractivity contribution in [1.82, 2.24) is 5.43 Å². The van der Waals surface area contributed by atoms with Crippen LogP contribution in [0.3, 0.4) is 0 Å². The van der Waals surface area contributed by atoms with Crippen LogP contribution in [0.1, 0.15) is 21.5 Å². The normalized spacial score (nSPS) is 10.7. The molecule has 0 radical (unpaired) electrons. The van der Waals surface area contributed by atoms with Crippen LogP contribution in [0, 0.1) is 6.92 Å². The second kappa shape index (κ2) is 10.9. The van der Waals surface area contributed by atoms with Gasteiger partial charge in [-0.05, 0) is 59.3 Å². The van der Waals surface area contributed by atoms with Gasteiger partial charge in [0.2, 0.25) is 0 Å². The summed E-state index contributed by atoms with van der Waals surface area (Å²) < 4.78 is 12.3. The van der Waals surface area contributed by atoms with Gasteiger partial charge < -0.3 is 9.47 Å². The van der Waals surface area contributed by atoms with E-state index in [0.717, 1.165) is 10.0 Å². The number of carbonyl (C=O) groups is 2. The van der Waals surface area contributed by atoms with Crippen molar-refractivity contribution in [3.63, 3.8) is 0 Å². The lowest BCUT2D eigenvalue weighted by atomic mass is 10.2. The standard InChI is InChI=1S/C23H18Br2N2O4/c1-15-7-9-19(10-8-15)30-14-21(28)27-26-13-17-11-18(24)12-20(25)22(17)31-23(29)16-5-3-2-4-6-16/h2-13H,14H2,1H3,(H,27,28)/b26-13-. The molecular formula is C23H18Br2N2O4. The Labute approximate surface area is 196 Å². The third kappa shape index (κ3) is 6.77. The van der Waals surface area contributed by atoms with E-state index in [9.17, 15) is 9.59 Å². The third-order valence-corrected chi connectivity index (χ3v) is 5.07. The van der Waals surface area contributed by atoms with Crippen molar-refractivity contribution in [3.8, 4) is 11.5 Å². The van der Waals surface area contributed by atoms with Gasteiger partial charge >= 0.3 is 5.97 Å². The molecule has 6 nitrogen and oxygen atoms in total. The molecule has 0 heterocycles. The van der Waals surface area contributed by atoms with E-state index in [2.05, 4.69) is 42.4 Å². The van der Waals surface area contributed by atoms with Gasteiger partial charge in [0.05, 0.1) is 16.3 Å². The van der Waals surface area contributed by atoms with Gasteiger partial charge in [-0.3, -0.25) is 4.79 Å². The molecule has 1 N–H and O–H groups in total. The topological polar surface area (TPSA) is 77.0 Å². The van der Waals surface area contributed by atoms with E-state index in [-0.39, 0.29) is 12.4 Å². The summed E-state index contributed by atoms with van der Waals surface area (Å²) in [6, 6.07) is 19.5. The van der Waals surface area contributed by atoms with Crippen LogP contribution in [0.25, 0.3) is 0 Å². The monoisotopic (exact) mass is 544 g/mol. The first kappa shape index (κ1) is 22.7. The zero-order valence-corrected chi connectivity index (χ0v) is 19.6. The zero-order chi connectivity index (χ0) is 22.2. The fraction of sp³-hybridized carbons (Fsp3) is 0.0870. The van der Waals surface area contributed by atoms with Gasteiger partial charge in [0.15, 0.2) is 12.4 Å². The molecule has 3 aromatic rings. The summed E-state index contributed by atoms with van der Waals surface area (Å²) in [7, 11) is 0. The molecular weight excluding hydrogens is 528 g/mol. The lowest BCUT2D eigenvalue weighted by Gasteiger charge is -2.10. The molecule has 31 heavy (non-hydrogen) atoms. The van der Waals surface area contributed by atoms with Crippen LogP contribution < -0.4 is 14.9 Å². The Bertz CT molecular complexity index is 1100. The molecule has 0 fully saturated rings. The first-order valence-corrected chi connectivity index (χ1v) is 10.8. The molecule has 158 valence electrons. The average Bonchev–Trinajstić information content (AvgIpc) is 2.76. The van der Waals surface area contributed by atoms with Crippen LogP contribution >= 0.6 is 31.9 Å². The van der Waals surface area contributed by atoms with Crippen LogP contribution in [-0.2, 0) is 4.79 Å². The minimum Gasteiger partial charge on any atom is -0.484 e. The van der Waals surface area contributed by atoms with Crippen molar-refractivity contribution >= 4 is 50.0 Å². The highest BCUT2D eigenvalue weighted by Crippen LogP contribution is 2.32. The molecule has 0 aliphatic rings. The van der Waals surface area contributed by atoms with E-state index in [1.165, 1.54) is 6.21 Å². The molecule has 0 spiro atoms. The van der Waals surface area contributed by atoms with Gasteiger partial charge in [0.25, 0.3) is 5.91 Å².